The molecule has 132 valence electrons. The van der Waals surface area contributed by atoms with Gasteiger partial charge in [-0.1, -0.05) is 20.3 Å². The number of benzene rings is 1. The van der Waals surface area contributed by atoms with E-state index in [9.17, 15) is 19.2 Å². The zero-order valence-corrected chi connectivity index (χ0v) is 14.2. The number of nitrogens with zero attached hydrogens (tertiary/aromatic N) is 1. The maximum Gasteiger partial charge on any atom is 0.262 e. The Balaban J connectivity index is 1.82. The van der Waals surface area contributed by atoms with Gasteiger partial charge in [-0.15, -0.1) is 0 Å². The monoisotopic (exact) mass is 344 g/mol. The van der Waals surface area contributed by atoms with Gasteiger partial charge in [-0.2, -0.15) is 0 Å². The van der Waals surface area contributed by atoms with Crippen LogP contribution in [0.5, 0.6) is 5.75 Å². The molecule has 0 spiro atoms. The number of carbonyl (C=O) groups excluding carboxylic acids is 4. The summed E-state index contributed by atoms with van der Waals surface area (Å²) in [6.45, 7) is 4.65. The van der Waals surface area contributed by atoms with Crippen molar-refractivity contribution in [1.82, 2.24) is 10.2 Å². The molecule has 2 heterocycles. The molecule has 0 radical (unpaired) electrons. The molecule has 2 aliphatic rings. The average molecular weight is 344 g/mol. The van der Waals surface area contributed by atoms with E-state index in [0.717, 1.165) is 11.3 Å². The zero-order valence-electron chi connectivity index (χ0n) is 14.2. The minimum absolute atomic E-state index is 0.104. The van der Waals surface area contributed by atoms with Crippen LogP contribution in [0, 0.1) is 5.92 Å². The van der Waals surface area contributed by atoms with Gasteiger partial charge in [0.2, 0.25) is 11.8 Å². The Bertz CT molecular complexity index is 758. The molecule has 0 saturated carbocycles. The van der Waals surface area contributed by atoms with Crippen molar-refractivity contribution in [1.29, 1.82) is 0 Å². The molecule has 7 heteroatoms. The maximum atomic E-state index is 12.7. The predicted octanol–water partition coefficient (Wildman–Crippen LogP) is 1.51. The second-order valence-electron chi connectivity index (χ2n) is 6.48. The largest absolute Gasteiger partial charge is 0.493 e. The maximum absolute atomic E-state index is 12.7. The summed E-state index contributed by atoms with van der Waals surface area (Å²) in [5.74, 6) is -1.14. The number of ether oxygens (including phenoxy) is 1. The standard InChI is InChI=1S/C18H20N2O5/c1-3-10(2)9-25-11-4-5-12-13(8-11)18(24)20(17(12)23)14-6-7-15(21)19-16(14)22/h4-5,8,10,14H,3,6-7,9H2,1-2H3,(H,19,21,22)/t10-,14?/m1/s1. The fraction of sp³-hybridized carbons (Fsp3) is 0.444. The number of amides is 4. The molecule has 1 aromatic carbocycles. The van der Waals surface area contributed by atoms with E-state index in [1.165, 1.54) is 0 Å². The highest BCUT2D eigenvalue weighted by atomic mass is 16.5. The molecule has 1 unspecified atom stereocenters. The lowest BCUT2D eigenvalue weighted by Gasteiger charge is -2.27. The van der Waals surface area contributed by atoms with E-state index in [2.05, 4.69) is 19.2 Å². The Morgan fingerprint density at radius 3 is 2.60 bits per heavy atom. The summed E-state index contributed by atoms with van der Waals surface area (Å²) in [6.07, 6.45) is 1.23. The van der Waals surface area contributed by atoms with Crippen LogP contribution in [0.2, 0.25) is 0 Å². The number of hydrogen-bond acceptors (Lipinski definition) is 5. The number of carbonyl (C=O) groups is 4. The molecule has 1 aromatic rings. The molecule has 0 bridgehead atoms. The van der Waals surface area contributed by atoms with Crippen LogP contribution in [-0.2, 0) is 9.59 Å². The smallest absolute Gasteiger partial charge is 0.262 e. The Morgan fingerprint density at radius 2 is 1.92 bits per heavy atom. The molecule has 4 amide bonds. The Labute approximate surface area is 145 Å². The van der Waals surface area contributed by atoms with E-state index in [-0.39, 0.29) is 24.0 Å². The second-order valence-corrected chi connectivity index (χ2v) is 6.48. The third kappa shape index (κ3) is 3.14. The zero-order chi connectivity index (χ0) is 18.1. The van der Waals surface area contributed by atoms with E-state index in [1.807, 2.05) is 0 Å². The number of fused-ring (bicyclic) bond motifs is 1. The van der Waals surface area contributed by atoms with Crippen molar-refractivity contribution in [3.05, 3.63) is 29.3 Å². The quantitative estimate of drug-likeness (QED) is 0.818. The van der Waals surface area contributed by atoms with Gasteiger partial charge in [0, 0.05) is 6.42 Å². The summed E-state index contributed by atoms with van der Waals surface area (Å²) in [6, 6.07) is 3.80. The van der Waals surface area contributed by atoms with Crippen molar-refractivity contribution < 1.29 is 23.9 Å². The van der Waals surface area contributed by atoms with Crippen LogP contribution in [0.25, 0.3) is 0 Å². The molecule has 2 aliphatic heterocycles. The van der Waals surface area contributed by atoms with E-state index in [1.54, 1.807) is 18.2 Å². The average Bonchev–Trinajstić information content (AvgIpc) is 2.84. The molecule has 25 heavy (non-hydrogen) atoms. The molecule has 3 rings (SSSR count). The Hall–Kier alpha value is -2.70. The van der Waals surface area contributed by atoms with E-state index >= 15 is 0 Å². The highest BCUT2D eigenvalue weighted by molar-refractivity contribution is 6.23. The van der Waals surface area contributed by atoms with Crippen LogP contribution in [-0.4, -0.2) is 41.2 Å². The molecule has 0 aliphatic carbocycles. The molecular formula is C18H20N2O5. The molecule has 1 saturated heterocycles. The van der Waals surface area contributed by atoms with Gasteiger partial charge in [-0.05, 0) is 30.5 Å². The molecule has 1 fully saturated rings. The highest BCUT2D eigenvalue weighted by Gasteiger charge is 2.44. The van der Waals surface area contributed by atoms with E-state index < -0.39 is 29.7 Å². The molecular weight excluding hydrogens is 324 g/mol. The first-order chi connectivity index (χ1) is 11.9. The lowest BCUT2D eigenvalue weighted by atomic mass is 10.0. The van der Waals surface area contributed by atoms with Gasteiger partial charge in [0.05, 0.1) is 17.7 Å². The minimum atomic E-state index is -0.949. The Morgan fingerprint density at radius 1 is 1.20 bits per heavy atom. The number of piperidine rings is 1. The molecule has 2 atom stereocenters. The van der Waals surface area contributed by atoms with Gasteiger partial charge in [0.1, 0.15) is 11.8 Å². The van der Waals surface area contributed by atoms with Crippen LogP contribution in [0.4, 0.5) is 0 Å². The van der Waals surface area contributed by atoms with Gasteiger partial charge < -0.3 is 4.74 Å². The van der Waals surface area contributed by atoms with Crippen molar-refractivity contribution in [2.45, 2.75) is 39.2 Å². The van der Waals surface area contributed by atoms with Gasteiger partial charge in [0.25, 0.3) is 11.8 Å². The number of hydrogen-bond donors (Lipinski definition) is 1. The summed E-state index contributed by atoms with van der Waals surface area (Å²) >= 11 is 0. The topological polar surface area (TPSA) is 92.8 Å². The predicted molar refractivity (Wildman–Crippen MR) is 88.1 cm³/mol. The normalized spacial score (nSPS) is 21.2. The van der Waals surface area contributed by atoms with Crippen LogP contribution in [0.3, 0.4) is 0 Å². The van der Waals surface area contributed by atoms with Crippen LogP contribution in [0.1, 0.15) is 53.8 Å². The van der Waals surface area contributed by atoms with Crippen LogP contribution < -0.4 is 10.1 Å². The summed E-state index contributed by atoms with van der Waals surface area (Å²) in [5, 5.41) is 2.18. The first-order valence-electron chi connectivity index (χ1n) is 8.40. The fourth-order valence-corrected chi connectivity index (χ4v) is 2.90. The summed E-state index contributed by atoms with van der Waals surface area (Å²) in [4.78, 5) is 49.5. The first-order valence-corrected chi connectivity index (χ1v) is 8.40. The lowest BCUT2D eigenvalue weighted by molar-refractivity contribution is -0.136. The third-order valence-electron chi connectivity index (χ3n) is 4.64. The molecule has 7 nitrogen and oxygen atoms in total. The Kier molecular flexibility index (Phi) is 4.57. The molecule has 0 aromatic heterocycles. The number of imide groups is 2. The lowest BCUT2D eigenvalue weighted by Crippen LogP contribution is -2.54. The van der Waals surface area contributed by atoms with Gasteiger partial charge in [-0.25, -0.2) is 0 Å². The minimum Gasteiger partial charge on any atom is -0.493 e. The van der Waals surface area contributed by atoms with Crippen molar-refractivity contribution >= 4 is 23.6 Å². The number of rotatable bonds is 5. The first kappa shape index (κ1) is 17.1. The highest BCUT2D eigenvalue weighted by Crippen LogP contribution is 2.30. The van der Waals surface area contributed by atoms with Crippen molar-refractivity contribution in [3.8, 4) is 5.75 Å². The number of nitrogens with one attached hydrogen (secondary N) is 1. The van der Waals surface area contributed by atoms with E-state index in [4.69, 9.17) is 4.74 Å². The SMILES string of the molecule is CC[C@@H](C)COc1ccc2c(c1)C(=O)N(C1CCC(=O)NC1=O)C2=O. The summed E-state index contributed by atoms with van der Waals surface area (Å²) < 4.78 is 5.68. The second kappa shape index (κ2) is 6.66. The summed E-state index contributed by atoms with van der Waals surface area (Å²) in [5.41, 5.74) is 0.488. The third-order valence-corrected chi connectivity index (χ3v) is 4.64. The van der Waals surface area contributed by atoms with E-state index in [0.29, 0.717) is 18.3 Å². The van der Waals surface area contributed by atoms with Crippen molar-refractivity contribution in [2.75, 3.05) is 6.61 Å². The van der Waals surface area contributed by atoms with Crippen molar-refractivity contribution in [2.24, 2.45) is 5.92 Å². The van der Waals surface area contributed by atoms with Gasteiger partial charge in [0.15, 0.2) is 0 Å². The molecule has 1 N–H and O–H groups in total. The summed E-state index contributed by atoms with van der Waals surface area (Å²) in [7, 11) is 0. The van der Waals surface area contributed by atoms with Crippen LogP contribution in [0.15, 0.2) is 18.2 Å². The fourth-order valence-electron chi connectivity index (χ4n) is 2.90. The van der Waals surface area contributed by atoms with Crippen LogP contribution >= 0.6 is 0 Å². The van der Waals surface area contributed by atoms with Crippen molar-refractivity contribution in [3.63, 3.8) is 0 Å². The van der Waals surface area contributed by atoms with Gasteiger partial charge in [-0.3, -0.25) is 29.4 Å². The van der Waals surface area contributed by atoms with Gasteiger partial charge >= 0.3 is 0 Å².